The second-order valence-electron chi connectivity index (χ2n) is 6.73. The molecule has 9 heteroatoms. The number of nitriles is 1. The van der Waals surface area contributed by atoms with Crippen LogP contribution in [-0.2, 0) is 6.42 Å². The molecule has 0 aliphatic carbocycles. The van der Waals surface area contributed by atoms with E-state index in [1.807, 2.05) is 24.3 Å². The fourth-order valence-electron chi connectivity index (χ4n) is 3.11. The minimum atomic E-state index is -0.581. The summed E-state index contributed by atoms with van der Waals surface area (Å²) < 4.78 is 1.03. The number of thiazole rings is 1. The summed E-state index contributed by atoms with van der Waals surface area (Å²) in [6, 6.07) is 16.7. The van der Waals surface area contributed by atoms with E-state index in [-0.39, 0.29) is 0 Å². The largest absolute Gasteiger partial charge is 0.366 e. The van der Waals surface area contributed by atoms with Crippen molar-refractivity contribution in [3.05, 3.63) is 81.6 Å². The van der Waals surface area contributed by atoms with Crippen molar-refractivity contribution < 1.29 is 4.79 Å². The Morgan fingerprint density at radius 1 is 1.23 bits per heavy atom. The number of halogens is 1. The lowest BCUT2D eigenvalue weighted by Gasteiger charge is -2.10. The number of aromatic nitrogens is 3. The molecule has 0 fully saturated rings. The molecule has 4 rings (SSSR count). The number of nitrogens with two attached hydrogens (primary N) is 1. The highest BCUT2D eigenvalue weighted by molar-refractivity contribution is 7.18. The van der Waals surface area contributed by atoms with Gasteiger partial charge in [-0.25, -0.2) is 15.0 Å². The van der Waals surface area contributed by atoms with Crippen molar-refractivity contribution in [2.75, 3.05) is 11.9 Å². The monoisotopic (exact) mass is 448 g/mol. The Balaban J connectivity index is 1.49. The fraction of sp³-hybridized carbons (Fsp3) is 0.136. The first kappa shape index (κ1) is 20.7. The zero-order valence-corrected chi connectivity index (χ0v) is 17.8. The number of para-hydroxylation sites is 1. The summed E-state index contributed by atoms with van der Waals surface area (Å²) in [6.07, 6.45) is 2.16. The molecule has 0 spiro atoms. The van der Waals surface area contributed by atoms with Gasteiger partial charge in [-0.3, -0.25) is 4.79 Å². The van der Waals surface area contributed by atoms with Crippen LogP contribution in [-0.4, -0.2) is 27.4 Å². The van der Waals surface area contributed by atoms with E-state index in [2.05, 4.69) is 26.3 Å². The summed E-state index contributed by atoms with van der Waals surface area (Å²) in [5.74, 6) is -0.678. The highest BCUT2D eigenvalue weighted by atomic mass is 35.5. The number of hydrogen-bond donors (Lipinski definition) is 2. The second-order valence-corrected chi connectivity index (χ2v) is 8.20. The van der Waals surface area contributed by atoms with Crippen LogP contribution < -0.4 is 11.1 Å². The molecular weight excluding hydrogens is 432 g/mol. The van der Waals surface area contributed by atoms with Crippen LogP contribution in [0.5, 0.6) is 0 Å². The molecule has 2 aromatic heterocycles. The zero-order chi connectivity index (χ0) is 21.8. The molecule has 2 aromatic carbocycles. The predicted octanol–water partition coefficient (Wildman–Crippen LogP) is 4.15. The molecule has 7 nitrogen and oxygen atoms in total. The van der Waals surface area contributed by atoms with Crippen LogP contribution in [0.25, 0.3) is 10.2 Å². The van der Waals surface area contributed by atoms with Gasteiger partial charge < -0.3 is 11.1 Å². The molecule has 154 valence electrons. The molecule has 1 unspecified atom stereocenters. The first-order chi connectivity index (χ1) is 15.0. The molecule has 3 N–H and O–H groups in total. The molecule has 0 radical (unpaired) electrons. The van der Waals surface area contributed by atoms with Crippen LogP contribution >= 0.6 is 22.9 Å². The number of carbonyl (C=O) groups excluding carboxylic acids is 1. The maximum absolute atomic E-state index is 11.4. The van der Waals surface area contributed by atoms with Gasteiger partial charge >= 0.3 is 0 Å². The summed E-state index contributed by atoms with van der Waals surface area (Å²) >= 11 is 7.70. The second kappa shape index (κ2) is 9.08. The maximum Gasteiger partial charge on any atom is 0.248 e. The summed E-state index contributed by atoms with van der Waals surface area (Å²) in [5, 5.41) is 14.2. The fourth-order valence-corrected chi connectivity index (χ4v) is 4.35. The van der Waals surface area contributed by atoms with Gasteiger partial charge in [0.25, 0.3) is 0 Å². The molecule has 1 amide bonds. The Bertz CT molecular complexity index is 1270. The average Bonchev–Trinajstić information content (AvgIpc) is 3.19. The zero-order valence-electron chi connectivity index (χ0n) is 16.2. The summed E-state index contributed by atoms with van der Waals surface area (Å²) in [5.41, 5.74) is 7.98. The standard InChI is InChI=1S/C22H17ClN6OS/c23-16-6-5-14(20(25)30)11-13(16)7-9-26-22-27-10-8-17(29-22)15(12-24)21-28-18-3-1-2-4-19(18)31-21/h1-6,8,10-11,15H,7,9H2,(H2,25,30)(H,26,27,29). The molecule has 4 aromatic rings. The molecule has 31 heavy (non-hydrogen) atoms. The molecule has 0 saturated heterocycles. The molecule has 1 atom stereocenters. The molecule has 2 heterocycles. The summed E-state index contributed by atoms with van der Waals surface area (Å²) in [4.78, 5) is 24.7. The third-order valence-electron chi connectivity index (χ3n) is 4.67. The molecule has 0 aliphatic heterocycles. The number of amides is 1. The number of fused-ring (bicyclic) bond motifs is 1. The topological polar surface area (TPSA) is 118 Å². The van der Waals surface area contributed by atoms with E-state index in [0.717, 1.165) is 15.8 Å². The number of hydrogen-bond acceptors (Lipinski definition) is 7. The summed E-state index contributed by atoms with van der Waals surface area (Å²) in [7, 11) is 0. The first-order valence-corrected chi connectivity index (χ1v) is 10.6. The van der Waals surface area contributed by atoms with Crippen molar-refractivity contribution >= 4 is 45.0 Å². The highest BCUT2D eigenvalue weighted by Crippen LogP contribution is 2.30. The van der Waals surface area contributed by atoms with Crippen LogP contribution in [0.2, 0.25) is 5.02 Å². The Morgan fingerprint density at radius 2 is 2.06 bits per heavy atom. The van der Waals surface area contributed by atoms with Crippen LogP contribution in [0, 0.1) is 11.3 Å². The van der Waals surface area contributed by atoms with Gasteiger partial charge in [-0.2, -0.15) is 5.26 Å². The SMILES string of the molecule is N#CC(c1ccnc(NCCc2cc(C(N)=O)ccc2Cl)n1)c1nc2ccccc2s1. The predicted molar refractivity (Wildman–Crippen MR) is 121 cm³/mol. The number of primary amides is 1. The Labute approximate surface area is 187 Å². The van der Waals surface area contributed by atoms with E-state index in [0.29, 0.717) is 40.2 Å². The van der Waals surface area contributed by atoms with Crippen molar-refractivity contribution in [3.63, 3.8) is 0 Å². The lowest BCUT2D eigenvalue weighted by atomic mass is 10.1. The Morgan fingerprint density at radius 3 is 2.84 bits per heavy atom. The lowest BCUT2D eigenvalue weighted by molar-refractivity contribution is 0.1000. The Hall–Kier alpha value is -3.54. The molecule has 0 bridgehead atoms. The average molecular weight is 449 g/mol. The van der Waals surface area contributed by atoms with Gasteiger partial charge in [-0.1, -0.05) is 23.7 Å². The quantitative estimate of drug-likeness (QED) is 0.438. The highest BCUT2D eigenvalue weighted by Gasteiger charge is 2.20. The lowest BCUT2D eigenvalue weighted by Crippen LogP contribution is -2.13. The van der Waals surface area contributed by atoms with Crippen molar-refractivity contribution in [3.8, 4) is 6.07 Å². The number of benzene rings is 2. The number of carbonyl (C=O) groups is 1. The number of rotatable bonds is 7. The smallest absolute Gasteiger partial charge is 0.248 e. The van der Waals surface area contributed by atoms with Gasteiger partial charge in [0.15, 0.2) is 0 Å². The van der Waals surface area contributed by atoms with Gasteiger partial charge in [0.05, 0.1) is 22.0 Å². The van der Waals surface area contributed by atoms with Gasteiger partial charge in [0.2, 0.25) is 11.9 Å². The minimum Gasteiger partial charge on any atom is -0.366 e. The van der Waals surface area contributed by atoms with Crippen molar-refractivity contribution in [1.29, 1.82) is 5.26 Å². The molecular formula is C22H17ClN6OS. The number of nitrogens with zero attached hydrogens (tertiary/aromatic N) is 4. The van der Waals surface area contributed by atoms with E-state index < -0.39 is 11.8 Å². The van der Waals surface area contributed by atoms with Crippen LogP contribution in [0.4, 0.5) is 5.95 Å². The van der Waals surface area contributed by atoms with Crippen molar-refractivity contribution in [1.82, 2.24) is 15.0 Å². The van der Waals surface area contributed by atoms with Crippen molar-refractivity contribution in [2.24, 2.45) is 5.73 Å². The minimum absolute atomic E-state index is 0.404. The third kappa shape index (κ3) is 4.63. The van der Waals surface area contributed by atoms with Crippen LogP contribution in [0.3, 0.4) is 0 Å². The van der Waals surface area contributed by atoms with E-state index in [1.165, 1.54) is 11.3 Å². The van der Waals surface area contributed by atoms with E-state index in [9.17, 15) is 10.1 Å². The van der Waals surface area contributed by atoms with Gasteiger partial charge in [0, 0.05) is 23.3 Å². The summed E-state index contributed by atoms with van der Waals surface area (Å²) in [6.45, 7) is 0.490. The first-order valence-electron chi connectivity index (χ1n) is 9.45. The van der Waals surface area contributed by atoms with E-state index >= 15 is 0 Å². The van der Waals surface area contributed by atoms with Crippen LogP contribution in [0.15, 0.2) is 54.7 Å². The maximum atomic E-state index is 11.4. The van der Waals surface area contributed by atoms with Gasteiger partial charge in [-0.05, 0) is 48.4 Å². The van der Waals surface area contributed by atoms with Crippen LogP contribution in [0.1, 0.15) is 32.5 Å². The Kier molecular flexibility index (Phi) is 6.07. The third-order valence-corrected chi connectivity index (χ3v) is 6.14. The molecule has 0 aliphatic rings. The number of nitrogens with one attached hydrogen (secondary N) is 1. The normalized spacial score (nSPS) is 11.7. The van der Waals surface area contributed by atoms with Gasteiger partial charge in [0.1, 0.15) is 10.9 Å². The van der Waals surface area contributed by atoms with E-state index in [1.54, 1.807) is 30.5 Å². The number of anilines is 1. The molecule has 0 saturated carbocycles. The van der Waals surface area contributed by atoms with Crippen molar-refractivity contribution in [2.45, 2.75) is 12.3 Å². The van der Waals surface area contributed by atoms with Gasteiger partial charge in [-0.15, -0.1) is 11.3 Å². The van der Waals surface area contributed by atoms with E-state index in [4.69, 9.17) is 17.3 Å².